The fourth-order valence-corrected chi connectivity index (χ4v) is 1.90. The molecule has 0 aliphatic carbocycles. The number of phenolic OH excluding ortho intramolecular Hbond substituents is 2. The molecule has 1 aromatic heterocycles. The fourth-order valence-electron chi connectivity index (χ4n) is 1.32. The Morgan fingerprint density at radius 2 is 2.06 bits per heavy atom. The summed E-state index contributed by atoms with van der Waals surface area (Å²) in [6.45, 7) is 0. The second-order valence-corrected chi connectivity index (χ2v) is 4.15. The maximum Gasteiger partial charge on any atom is 0.358 e. The average Bonchev–Trinajstić information content (AvgIpc) is 2.75. The number of hydrogen-bond donors (Lipinski definition) is 3. The quantitative estimate of drug-likeness (QED) is 0.734. The lowest BCUT2D eigenvalue weighted by atomic mass is 10.1. The number of carboxylic acid groups (broad SMARTS) is 1. The van der Waals surface area contributed by atoms with Crippen LogP contribution in [0.3, 0.4) is 0 Å². The van der Waals surface area contributed by atoms with Gasteiger partial charge in [0.2, 0.25) is 0 Å². The summed E-state index contributed by atoms with van der Waals surface area (Å²) in [5.74, 6) is -4.27. The second kappa shape index (κ2) is 4.30. The first kappa shape index (κ1) is 12.4. The SMILES string of the molecule is O=C(O)c1cc(-c2c(Br)cc(O)c(O)c2F)on1. The Kier molecular flexibility index (Phi) is 2.95. The molecule has 0 unspecified atom stereocenters. The molecule has 0 saturated carbocycles. The molecule has 0 saturated heterocycles. The number of aromatic carboxylic acids is 1. The van der Waals surface area contributed by atoms with Crippen molar-refractivity contribution in [3.63, 3.8) is 0 Å². The third-order valence-electron chi connectivity index (χ3n) is 2.15. The van der Waals surface area contributed by atoms with Crippen molar-refractivity contribution in [2.75, 3.05) is 0 Å². The van der Waals surface area contributed by atoms with Gasteiger partial charge >= 0.3 is 5.97 Å². The van der Waals surface area contributed by atoms with Gasteiger partial charge in [-0.25, -0.2) is 9.18 Å². The highest BCUT2D eigenvalue weighted by Crippen LogP contribution is 2.40. The van der Waals surface area contributed by atoms with Gasteiger partial charge in [-0.15, -0.1) is 0 Å². The fraction of sp³-hybridized carbons (Fsp3) is 0. The van der Waals surface area contributed by atoms with Crippen molar-refractivity contribution in [1.82, 2.24) is 5.16 Å². The summed E-state index contributed by atoms with van der Waals surface area (Å²) < 4.78 is 18.5. The predicted molar refractivity (Wildman–Crippen MR) is 59.9 cm³/mol. The highest BCUT2D eigenvalue weighted by atomic mass is 79.9. The van der Waals surface area contributed by atoms with Crippen molar-refractivity contribution >= 4 is 21.9 Å². The zero-order valence-electron chi connectivity index (χ0n) is 8.52. The molecule has 0 aliphatic rings. The van der Waals surface area contributed by atoms with E-state index >= 15 is 0 Å². The summed E-state index contributed by atoms with van der Waals surface area (Å²) in [4.78, 5) is 10.6. The minimum Gasteiger partial charge on any atom is -0.504 e. The number of carbonyl (C=O) groups is 1. The first-order valence-electron chi connectivity index (χ1n) is 4.52. The Balaban J connectivity index is 2.63. The molecule has 0 spiro atoms. The molecular formula is C10H5BrFNO5. The Hall–Kier alpha value is -2.09. The van der Waals surface area contributed by atoms with Crippen LogP contribution in [0.5, 0.6) is 11.5 Å². The van der Waals surface area contributed by atoms with Crippen molar-refractivity contribution < 1.29 is 29.0 Å². The number of carboxylic acids is 1. The van der Waals surface area contributed by atoms with Crippen LogP contribution in [-0.4, -0.2) is 26.4 Å². The van der Waals surface area contributed by atoms with Crippen molar-refractivity contribution in [3.05, 3.63) is 28.1 Å². The van der Waals surface area contributed by atoms with Crippen LogP contribution in [0, 0.1) is 5.82 Å². The first-order chi connectivity index (χ1) is 8.41. The van der Waals surface area contributed by atoms with Gasteiger partial charge in [-0.3, -0.25) is 0 Å². The van der Waals surface area contributed by atoms with Crippen LogP contribution in [0.1, 0.15) is 10.5 Å². The number of benzene rings is 1. The molecule has 3 N–H and O–H groups in total. The molecule has 0 atom stereocenters. The van der Waals surface area contributed by atoms with Gasteiger partial charge in [-0.2, -0.15) is 0 Å². The summed E-state index contributed by atoms with van der Waals surface area (Å²) in [7, 11) is 0. The highest BCUT2D eigenvalue weighted by Gasteiger charge is 2.22. The molecule has 0 fully saturated rings. The highest BCUT2D eigenvalue weighted by molar-refractivity contribution is 9.10. The normalized spacial score (nSPS) is 10.6. The summed E-state index contributed by atoms with van der Waals surface area (Å²) in [6.07, 6.45) is 0. The van der Waals surface area contributed by atoms with Crippen LogP contribution in [0.2, 0.25) is 0 Å². The van der Waals surface area contributed by atoms with Crippen LogP contribution in [0.15, 0.2) is 21.1 Å². The number of aromatic nitrogens is 1. The summed E-state index contributed by atoms with van der Waals surface area (Å²) in [6, 6.07) is 2.05. The molecule has 6 nitrogen and oxygen atoms in total. The topological polar surface area (TPSA) is 104 Å². The van der Waals surface area contributed by atoms with Gasteiger partial charge in [-0.05, 0) is 22.0 Å². The second-order valence-electron chi connectivity index (χ2n) is 3.30. The van der Waals surface area contributed by atoms with Crippen LogP contribution in [0.25, 0.3) is 11.3 Å². The number of phenols is 2. The van der Waals surface area contributed by atoms with E-state index in [4.69, 9.17) is 5.11 Å². The Bertz CT molecular complexity index is 639. The van der Waals surface area contributed by atoms with Gasteiger partial charge in [0, 0.05) is 10.5 Å². The molecular weight excluding hydrogens is 313 g/mol. The van der Waals surface area contributed by atoms with Gasteiger partial charge in [-0.1, -0.05) is 5.16 Å². The average molecular weight is 318 g/mol. The Labute approximate surface area is 107 Å². The molecule has 18 heavy (non-hydrogen) atoms. The molecule has 0 aliphatic heterocycles. The number of aromatic hydroxyl groups is 2. The van der Waals surface area contributed by atoms with E-state index in [0.29, 0.717) is 0 Å². The van der Waals surface area contributed by atoms with E-state index < -0.39 is 29.0 Å². The lowest BCUT2D eigenvalue weighted by Gasteiger charge is -2.05. The lowest BCUT2D eigenvalue weighted by molar-refractivity contribution is 0.0686. The van der Waals surface area contributed by atoms with Gasteiger partial charge in [0.1, 0.15) is 0 Å². The zero-order chi connectivity index (χ0) is 13.4. The molecule has 0 radical (unpaired) electrons. The molecule has 94 valence electrons. The van der Waals surface area contributed by atoms with Crippen molar-refractivity contribution in [3.8, 4) is 22.8 Å². The lowest BCUT2D eigenvalue weighted by Crippen LogP contribution is -1.94. The smallest absolute Gasteiger partial charge is 0.358 e. The first-order valence-corrected chi connectivity index (χ1v) is 5.31. The molecule has 0 bridgehead atoms. The number of hydrogen-bond acceptors (Lipinski definition) is 5. The van der Waals surface area contributed by atoms with Crippen molar-refractivity contribution in [2.45, 2.75) is 0 Å². The Morgan fingerprint density at radius 3 is 2.61 bits per heavy atom. The maximum atomic E-state index is 13.7. The van der Waals surface area contributed by atoms with Crippen LogP contribution in [-0.2, 0) is 0 Å². The van der Waals surface area contributed by atoms with E-state index in [-0.39, 0.29) is 15.8 Å². The number of halogens is 2. The Morgan fingerprint density at radius 1 is 1.39 bits per heavy atom. The van der Waals surface area contributed by atoms with Gasteiger partial charge in [0.15, 0.2) is 28.8 Å². The number of rotatable bonds is 2. The molecule has 1 aromatic carbocycles. The standard InChI is InChI=1S/C10H5BrFNO5/c11-3-1-5(14)9(15)8(12)7(3)6-2-4(10(16)17)13-18-6/h1-2,14-15H,(H,16,17). The summed E-state index contributed by atoms with van der Waals surface area (Å²) in [5.41, 5.74) is -0.630. The van der Waals surface area contributed by atoms with E-state index in [0.717, 1.165) is 12.1 Å². The van der Waals surface area contributed by atoms with Gasteiger partial charge in [0.05, 0.1) is 5.56 Å². The van der Waals surface area contributed by atoms with E-state index in [1.165, 1.54) is 0 Å². The number of nitrogens with zero attached hydrogens (tertiary/aromatic N) is 1. The molecule has 1 heterocycles. The van der Waals surface area contributed by atoms with Gasteiger partial charge < -0.3 is 19.8 Å². The third kappa shape index (κ3) is 1.90. The van der Waals surface area contributed by atoms with Crippen molar-refractivity contribution in [1.29, 1.82) is 0 Å². The maximum absolute atomic E-state index is 13.7. The molecule has 2 rings (SSSR count). The van der Waals surface area contributed by atoms with Crippen molar-refractivity contribution in [2.24, 2.45) is 0 Å². The van der Waals surface area contributed by atoms with E-state index in [1.807, 2.05) is 0 Å². The zero-order valence-corrected chi connectivity index (χ0v) is 10.1. The molecule has 8 heteroatoms. The van der Waals surface area contributed by atoms with Crippen LogP contribution >= 0.6 is 15.9 Å². The van der Waals surface area contributed by atoms with E-state index in [2.05, 4.69) is 25.6 Å². The largest absolute Gasteiger partial charge is 0.504 e. The van der Waals surface area contributed by atoms with Crippen LogP contribution < -0.4 is 0 Å². The predicted octanol–water partition coefficient (Wildman–Crippen LogP) is 2.35. The summed E-state index contributed by atoms with van der Waals surface area (Å²) in [5, 5.41) is 30.3. The summed E-state index contributed by atoms with van der Waals surface area (Å²) >= 11 is 2.97. The molecule has 2 aromatic rings. The molecule has 0 amide bonds. The van der Waals surface area contributed by atoms with Crippen LogP contribution in [0.4, 0.5) is 4.39 Å². The van der Waals surface area contributed by atoms with E-state index in [1.54, 1.807) is 0 Å². The van der Waals surface area contributed by atoms with E-state index in [9.17, 15) is 19.4 Å². The minimum atomic E-state index is -1.33. The third-order valence-corrected chi connectivity index (χ3v) is 2.77. The van der Waals surface area contributed by atoms with Gasteiger partial charge in [0.25, 0.3) is 0 Å². The monoisotopic (exact) mass is 317 g/mol. The minimum absolute atomic E-state index is 0.0865.